The smallest absolute Gasteiger partial charge is 0.141 e. The van der Waals surface area contributed by atoms with Gasteiger partial charge in [0.05, 0.1) is 6.20 Å². The lowest BCUT2D eigenvalue weighted by molar-refractivity contribution is 0.461. The minimum Gasteiger partial charge on any atom is -0.366 e. The van der Waals surface area contributed by atoms with Crippen LogP contribution in [0.3, 0.4) is 0 Å². The van der Waals surface area contributed by atoms with E-state index in [2.05, 4.69) is 10.3 Å². The Morgan fingerprint density at radius 1 is 1.44 bits per heavy atom. The second kappa shape index (κ2) is 5.25. The molecule has 0 radical (unpaired) electrons. The van der Waals surface area contributed by atoms with E-state index < -0.39 is 0 Å². The SMILES string of the molecule is NCC(Nc1ccc(F)cn1)C1CCCC1. The molecule has 0 saturated heterocycles. The predicted molar refractivity (Wildman–Crippen MR) is 62.6 cm³/mol. The van der Waals surface area contributed by atoms with Crippen molar-refractivity contribution in [3.63, 3.8) is 0 Å². The van der Waals surface area contributed by atoms with Crippen molar-refractivity contribution in [3.05, 3.63) is 24.1 Å². The molecule has 1 aromatic heterocycles. The van der Waals surface area contributed by atoms with Gasteiger partial charge in [-0.1, -0.05) is 12.8 Å². The minimum atomic E-state index is -0.310. The summed E-state index contributed by atoms with van der Waals surface area (Å²) in [5.74, 6) is 1.04. The number of hydrogen-bond acceptors (Lipinski definition) is 3. The average molecular weight is 223 g/mol. The van der Waals surface area contributed by atoms with E-state index in [4.69, 9.17) is 5.73 Å². The van der Waals surface area contributed by atoms with Crippen molar-refractivity contribution in [1.29, 1.82) is 0 Å². The molecule has 1 atom stereocenters. The molecule has 0 aromatic carbocycles. The Bertz CT molecular complexity index is 320. The fourth-order valence-corrected chi connectivity index (χ4v) is 2.38. The third kappa shape index (κ3) is 2.70. The second-order valence-corrected chi connectivity index (χ2v) is 4.39. The van der Waals surface area contributed by atoms with Crippen molar-refractivity contribution < 1.29 is 4.39 Å². The molecular formula is C12H18FN3. The molecule has 1 fully saturated rings. The van der Waals surface area contributed by atoms with Gasteiger partial charge >= 0.3 is 0 Å². The van der Waals surface area contributed by atoms with E-state index in [1.165, 1.54) is 37.9 Å². The third-order valence-corrected chi connectivity index (χ3v) is 3.28. The first-order chi connectivity index (χ1) is 7.79. The van der Waals surface area contributed by atoms with Crippen LogP contribution in [0.2, 0.25) is 0 Å². The highest BCUT2D eigenvalue weighted by atomic mass is 19.1. The van der Waals surface area contributed by atoms with Gasteiger partial charge in [0.1, 0.15) is 11.6 Å². The van der Waals surface area contributed by atoms with Crippen LogP contribution in [0, 0.1) is 11.7 Å². The summed E-state index contributed by atoms with van der Waals surface area (Å²) >= 11 is 0. The molecule has 0 amide bonds. The fourth-order valence-electron chi connectivity index (χ4n) is 2.38. The molecule has 0 bridgehead atoms. The molecule has 1 saturated carbocycles. The first-order valence-electron chi connectivity index (χ1n) is 5.88. The van der Waals surface area contributed by atoms with E-state index >= 15 is 0 Å². The first-order valence-corrected chi connectivity index (χ1v) is 5.88. The van der Waals surface area contributed by atoms with E-state index in [-0.39, 0.29) is 11.9 Å². The molecule has 0 aliphatic heterocycles. The number of nitrogens with two attached hydrogens (primary N) is 1. The maximum Gasteiger partial charge on any atom is 0.141 e. The summed E-state index contributed by atoms with van der Waals surface area (Å²) in [6.07, 6.45) is 6.27. The van der Waals surface area contributed by atoms with Crippen LogP contribution in [0.15, 0.2) is 18.3 Å². The number of nitrogens with one attached hydrogen (secondary N) is 1. The molecule has 1 aromatic rings. The molecule has 1 heterocycles. The van der Waals surface area contributed by atoms with Crippen LogP contribution in [-0.4, -0.2) is 17.6 Å². The molecule has 1 aliphatic carbocycles. The molecule has 88 valence electrons. The number of halogens is 1. The van der Waals surface area contributed by atoms with Crippen LogP contribution < -0.4 is 11.1 Å². The number of anilines is 1. The zero-order chi connectivity index (χ0) is 11.4. The van der Waals surface area contributed by atoms with Crippen LogP contribution in [-0.2, 0) is 0 Å². The average Bonchev–Trinajstić information content (AvgIpc) is 2.82. The summed E-state index contributed by atoms with van der Waals surface area (Å²) in [5, 5.41) is 3.30. The number of pyridine rings is 1. The van der Waals surface area contributed by atoms with Crippen molar-refractivity contribution in [1.82, 2.24) is 4.98 Å². The molecule has 2 rings (SSSR count). The Labute approximate surface area is 95.3 Å². The van der Waals surface area contributed by atoms with Gasteiger partial charge in [-0.15, -0.1) is 0 Å². The Kier molecular flexibility index (Phi) is 3.72. The van der Waals surface area contributed by atoms with Gasteiger partial charge in [0, 0.05) is 12.6 Å². The van der Waals surface area contributed by atoms with Crippen molar-refractivity contribution in [2.75, 3.05) is 11.9 Å². The number of nitrogens with zero attached hydrogens (tertiary/aromatic N) is 1. The van der Waals surface area contributed by atoms with Gasteiger partial charge in [-0.25, -0.2) is 9.37 Å². The maximum absolute atomic E-state index is 12.7. The first kappa shape index (κ1) is 11.3. The Morgan fingerprint density at radius 3 is 2.75 bits per heavy atom. The van der Waals surface area contributed by atoms with Crippen LogP contribution >= 0.6 is 0 Å². The van der Waals surface area contributed by atoms with Gasteiger partial charge in [-0.3, -0.25) is 0 Å². The molecule has 16 heavy (non-hydrogen) atoms. The highest BCUT2D eigenvalue weighted by Gasteiger charge is 2.23. The summed E-state index contributed by atoms with van der Waals surface area (Å²) < 4.78 is 12.7. The highest BCUT2D eigenvalue weighted by molar-refractivity contribution is 5.35. The summed E-state index contributed by atoms with van der Waals surface area (Å²) in [4.78, 5) is 4.00. The van der Waals surface area contributed by atoms with E-state index in [1.54, 1.807) is 6.07 Å². The van der Waals surface area contributed by atoms with Crippen LogP contribution in [0.4, 0.5) is 10.2 Å². The molecule has 1 unspecified atom stereocenters. The minimum absolute atomic E-state index is 0.264. The van der Waals surface area contributed by atoms with Crippen LogP contribution in [0.5, 0.6) is 0 Å². The standard InChI is InChI=1S/C12H18FN3/c13-10-5-6-12(15-8-10)16-11(7-14)9-3-1-2-4-9/h5-6,8-9,11H,1-4,7,14H2,(H,15,16). The zero-order valence-electron chi connectivity index (χ0n) is 9.32. The Balaban J connectivity index is 1.97. The van der Waals surface area contributed by atoms with Gasteiger partial charge in [-0.2, -0.15) is 0 Å². The predicted octanol–water partition coefficient (Wildman–Crippen LogP) is 2.15. The lowest BCUT2D eigenvalue weighted by Crippen LogP contribution is -2.35. The van der Waals surface area contributed by atoms with E-state index in [1.807, 2.05) is 0 Å². The maximum atomic E-state index is 12.7. The van der Waals surface area contributed by atoms with Gasteiger partial charge in [0.25, 0.3) is 0 Å². The molecule has 3 N–H and O–H groups in total. The van der Waals surface area contributed by atoms with Gasteiger partial charge in [0.2, 0.25) is 0 Å². The number of aromatic nitrogens is 1. The normalized spacial score (nSPS) is 18.6. The van der Waals surface area contributed by atoms with E-state index in [0.717, 1.165) is 0 Å². The lowest BCUT2D eigenvalue weighted by atomic mass is 9.98. The largest absolute Gasteiger partial charge is 0.366 e. The van der Waals surface area contributed by atoms with Crippen molar-refractivity contribution in [2.45, 2.75) is 31.7 Å². The Hall–Kier alpha value is -1.16. The van der Waals surface area contributed by atoms with Gasteiger partial charge in [0.15, 0.2) is 0 Å². The molecular weight excluding hydrogens is 205 g/mol. The summed E-state index contributed by atoms with van der Waals surface area (Å²) in [6, 6.07) is 3.34. The van der Waals surface area contributed by atoms with E-state index in [0.29, 0.717) is 18.3 Å². The third-order valence-electron chi connectivity index (χ3n) is 3.28. The second-order valence-electron chi connectivity index (χ2n) is 4.39. The van der Waals surface area contributed by atoms with Gasteiger partial charge < -0.3 is 11.1 Å². The summed E-state index contributed by atoms with van der Waals surface area (Å²) in [6.45, 7) is 0.601. The number of hydrogen-bond donors (Lipinski definition) is 2. The fraction of sp³-hybridized carbons (Fsp3) is 0.583. The highest BCUT2D eigenvalue weighted by Crippen LogP contribution is 2.28. The van der Waals surface area contributed by atoms with Crippen LogP contribution in [0.1, 0.15) is 25.7 Å². The number of rotatable bonds is 4. The van der Waals surface area contributed by atoms with Crippen molar-refractivity contribution >= 4 is 5.82 Å². The van der Waals surface area contributed by atoms with Crippen molar-refractivity contribution in [2.24, 2.45) is 11.7 Å². The molecule has 3 nitrogen and oxygen atoms in total. The van der Waals surface area contributed by atoms with Crippen molar-refractivity contribution in [3.8, 4) is 0 Å². The van der Waals surface area contributed by atoms with Gasteiger partial charge in [-0.05, 0) is 30.9 Å². The molecule has 1 aliphatic rings. The summed E-state index contributed by atoms with van der Waals surface area (Å²) in [5.41, 5.74) is 5.77. The summed E-state index contributed by atoms with van der Waals surface area (Å²) in [7, 11) is 0. The zero-order valence-corrected chi connectivity index (χ0v) is 9.32. The Morgan fingerprint density at radius 2 is 2.19 bits per heavy atom. The molecule has 0 spiro atoms. The lowest BCUT2D eigenvalue weighted by Gasteiger charge is -2.23. The molecule has 4 heteroatoms. The topological polar surface area (TPSA) is 50.9 Å². The van der Waals surface area contributed by atoms with Crippen LogP contribution in [0.25, 0.3) is 0 Å². The quantitative estimate of drug-likeness (QED) is 0.822. The van der Waals surface area contributed by atoms with E-state index in [9.17, 15) is 4.39 Å². The monoisotopic (exact) mass is 223 g/mol.